The molecular formula is C19H31NO. The van der Waals surface area contributed by atoms with Gasteiger partial charge in [0, 0.05) is 18.1 Å². The third-order valence-electron chi connectivity index (χ3n) is 4.83. The Hall–Kier alpha value is -0.860. The summed E-state index contributed by atoms with van der Waals surface area (Å²) in [6, 6.07) is 11.4. The molecule has 2 unspecified atom stereocenters. The van der Waals surface area contributed by atoms with E-state index in [9.17, 15) is 0 Å². The van der Waals surface area contributed by atoms with Crippen LogP contribution < -0.4 is 5.32 Å². The fraction of sp³-hybridized carbons (Fsp3) is 0.684. The van der Waals surface area contributed by atoms with Crippen molar-refractivity contribution in [3.05, 3.63) is 35.9 Å². The normalized spacial score (nSPS) is 20.6. The van der Waals surface area contributed by atoms with Gasteiger partial charge in [-0.3, -0.25) is 0 Å². The molecule has 1 aromatic rings. The second-order valence-corrected chi connectivity index (χ2v) is 6.81. The van der Waals surface area contributed by atoms with Gasteiger partial charge in [-0.15, -0.1) is 0 Å². The lowest BCUT2D eigenvalue weighted by Crippen LogP contribution is -2.45. The molecule has 1 saturated heterocycles. The molecule has 118 valence electrons. The summed E-state index contributed by atoms with van der Waals surface area (Å²) in [5.74, 6) is 0. The Kier molecular flexibility index (Phi) is 6.25. The summed E-state index contributed by atoms with van der Waals surface area (Å²) in [5.41, 5.74) is 1.57. The molecular weight excluding hydrogens is 258 g/mol. The standard InChI is InChI=1S/C19H31NO/c1-4-14-20-18(13-12-17-11-8-15-21-17)19(2,3)16-9-6-5-7-10-16/h5-7,9-10,17-18,20H,4,8,11-15H2,1-3H3. The van der Waals surface area contributed by atoms with Crippen molar-refractivity contribution in [2.24, 2.45) is 0 Å². The maximum Gasteiger partial charge on any atom is 0.0576 e. The Morgan fingerprint density at radius 2 is 2.05 bits per heavy atom. The van der Waals surface area contributed by atoms with Gasteiger partial charge in [0.25, 0.3) is 0 Å². The Labute approximate surface area is 130 Å². The molecule has 1 aliphatic rings. The van der Waals surface area contributed by atoms with Gasteiger partial charge >= 0.3 is 0 Å². The van der Waals surface area contributed by atoms with Gasteiger partial charge < -0.3 is 10.1 Å². The highest BCUT2D eigenvalue weighted by Crippen LogP contribution is 2.31. The molecule has 0 bridgehead atoms. The zero-order chi connectivity index (χ0) is 15.1. The number of hydrogen-bond acceptors (Lipinski definition) is 2. The molecule has 0 aliphatic carbocycles. The summed E-state index contributed by atoms with van der Waals surface area (Å²) >= 11 is 0. The smallest absolute Gasteiger partial charge is 0.0576 e. The van der Waals surface area contributed by atoms with Crippen LogP contribution in [-0.4, -0.2) is 25.3 Å². The van der Waals surface area contributed by atoms with Gasteiger partial charge in [-0.05, 0) is 44.2 Å². The molecule has 0 radical (unpaired) electrons. The molecule has 2 atom stereocenters. The molecule has 1 N–H and O–H groups in total. The maximum absolute atomic E-state index is 5.80. The summed E-state index contributed by atoms with van der Waals surface area (Å²) in [4.78, 5) is 0. The second-order valence-electron chi connectivity index (χ2n) is 6.81. The van der Waals surface area contributed by atoms with E-state index in [2.05, 4.69) is 56.4 Å². The maximum atomic E-state index is 5.80. The van der Waals surface area contributed by atoms with Crippen LogP contribution in [0.25, 0.3) is 0 Å². The monoisotopic (exact) mass is 289 g/mol. The van der Waals surface area contributed by atoms with E-state index in [1.54, 1.807) is 0 Å². The van der Waals surface area contributed by atoms with E-state index < -0.39 is 0 Å². The minimum Gasteiger partial charge on any atom is -0.378 e. The van der Waals surface area contributed by atoms with Gasteiger partial charge in [-0.2, -0.15) is 0 Å². The predicted molar refractivity (Wildman–Crippen MR) is 89.8 cm³/mol. The first-order valence-electron chi connectivity index (χ1n) is 8.55. The van der Waals surface area contributed by atoms with Crippen molar-refractivity contribution in [3.63, 3.8) is 0 Å². The lowest BCUT2D eigenvalue weighted by Gasteiger charge is -2.36. The fourth-order valence-electron chi connectivity index (χ4n) is 3.33. The molecule has 1 fully saturated rings. The zero-order valence-corrected chi connectivity index (χ0v) is 13.9. The lowest BCUT2D eigenvalue weighted by atomic mass is 9.75. The van der Waals surface area contributed by atoms with Crippen LogP contribution in [0, 0.1) is 0 Å². The van der Waals surface area contributed by atoms with Gasteiger partial charge in [0.2, 0.25) is 0 Å². The zero-order valence-electron chi connectivity index (χ0n) is 13.9. The molecule has 2 heteroatoms. The predicted octanol–water partition coefficient (Wildman–Crippen LogP) is 4.29. The molecule has 0 amide bonds. The van der Waals surface area contributed by atoms with Gasteiger partial charge in [-0.1, -0.05) is 51.1 Å². The second kappa shape index (κ2) is 7.95. The largest absolute Gasteiger partial charge is 0.378 e. The number of ether oxygens (including phenoxy) is 1. The van der Waals surface area contributed by atoms with Gasteiger partial charge in [0.15, 0.2) is 0 Å². The number of rotatable bonds is 8. The van der Waals surface area contributed by atoms with E-state index in [0.717, 1.165) is 13.2 Å². The van der Waals surface area contributed by atoms with E-state index in [1.165, 1.54) is 37.7 Å². The average Bonchev–Trinajstić information content (AvgIpc) is 3.01. The Morgan fingerprint density at radius 3 is 2.67 bits per heavy atom. The number of hydrogen-bond donors (Lipinski definition) is 1. The van der Waals surface area contributed by atoms with Crippen molar-refractivity contribution in [2.45, 2.75) is 70.4 Å². The average molecular weight is 289 g/mol. The van der Waals surface area contributed by atoms with Crippen LogP contribution in [0.15, 0.2) is 30.3 Å². The number of benzene rings is 1. The van der Waals surface area contributed by atoms with E-state index in [-0.39, 0.29) is 5.41 Å². The van der Waals surface area contributed by atoms with Crippen LogP contribution in [0.1, 0.15) is 58.4 Å². The van der Waals surface area contributed by atoms with Crippen molar-refractivity contribution in [3.8, 4) is 0 Å². The summed E-state index contributed by atoms with van der Waals surface area (Å²) in [7, 11) is 0. The van der Waals surface area contributed by atoms with E-state index in [1.807, 2.05) is 0 Å². The third-order valence-corrected chi connectivity index (χ3v) is 4.83. The highest BCUT2D eigenvalue weighted by molar-refractivity contribution is 5.25. The van der Waals surface area contributed by atoms with Crippen molar-refractivity contribution >= 4 is 0 Å². The molecule has 2 nitrogen and oxygen atoms in total. The summed E-state index contributed by atoms with van der Waals surface area (Å²) < 4.78 is 5.80. The van der Waals surface area contributed by atoms with E-state index >= 15 is 0 Å². The van der Waals surface area contributed by atoms with Crippen molar-refractivity contribution in [2.75, 3.05) is 13.2 Å². The van der Waals surface area contributed by atoms with Crippen molar-refractivity contribution < 1.29 is 4.74 Å². The molecule has 0 saturated carbocycles. The molecule has 2 rings (SSSR count). The topological polar surface area (TPSA) is 21.3 Å². The SMILES string of the molecule is CCCNC(CCC1CCCO1)C(C)(C)c1ccccc1. The van der Waals surface area contributed by atoms with Gasteiger partial charge in [-0.25, -0.2) is 0 Å². The Balaban J connectivity index is 2.02. The molecule has 21 heavy (non-hydrogen) atoms. The molecule has 1 heterocycles. The highest BCUT2D eigenvalue weighted by atomic mass is 16.5. The first-order valence-corrected chi connectivity index (χ1v) is 8.55. The Morgan fingerprint density at radius 1 is 1.29 bits per heavy atom. The van der Waals surface area contributed by atoms with Crippen LogP contribution in [0.4, 0.5) is 0 Å². The van der Waals surface area contributed by atoms with E-state index in [0.29, 0.717) is 12.1 Å². The third kappa shape index (κ3) is 4.55. The molecule has 0 aromatic heterocycles. The van der Waals surface area contributed by atoms with Crippen LogP contribution in [-0.2, 0) is 10.2 Å². The molecule has 0 spiro atoms. The number of nitrogens with one attached hydrogen (secondary N) is 1. The summed E-state index contributed by atoms with van der Waals surface area (Å²) in [6.45, 7) is 9.02. The van der Waals surface area contributed by atoms with E-state index in [4.69, 9.17) is 4.74 Å². The van der Waals surface area contributed by atoms with Gasteiger partial charge in [0.1, 0.15) is 0 Å². The van der Waals surface area contributed by atoms with Gasteiger partial charge in [0.05, 0.1) is 6.10 Å². The van der Waals surface area contributed by atoms with Crippen molar-refractivity contribution in [1.29, 1.82) is 0 Å². The minimum atomic E-state index is 0.148. The minimum absolute atomic E-state index is 0.148. The first kappa shape index (κ1) is 16.5. The molecule has 1 aromatic carbocycles. The summed E-state index contributed by atoms with van der Waals surface area (Å²) in [5, 5.41) is 3.78. The highest BCUT2D eigenvalue weighted by Gasteiger charge is 2.31. The Bertz CT molecular complexity index is 395. The lowest BCUT2D eigenvalue weighted by molar-refractivity contribution is 0.0966. The summed E-state index contributed by atoms with van der Waals surface area (Å²) in [6.07, 6.45) is 6.51. The molecule has 1 aliphatic heterocycles. The first-order chi connectivity index (χ1) is 10.1. The van der Waals surface area contributed by atoms with Crippen LogP contribution in [0.3, 0.4) is 0 Å². The van der Waals surface area contributed by atoms with Crippen molar-refractivity contribution in [1.82, 2.24) is 5.32 Å². The van der Waals surface area contributed by atoms with Crippen LogP contribution in [0.2, 0.25) is 0 Å². The quantitative estimate of drug-likeness (QED) is 0.771. The van der Waals surface area contributed by atoms with Crippen LogP contribution >= 0.6 is 0 Å². The van der Waals surface area contributed by atoms with Crippen LogP contribution in [0.5, 0.6) is 0 Å². The fourth-order valence-corrected chi connectivity index (χ4v) is 3.33.